The van der Waals surface area contributed by atoms with Crippen LogP contribution >= 0.6 is 0 Å². The molecule has 2 amide bonds. The Morgan fingerprint density at radius 1 is 0.906 bits per heavy atom. The van der Waals surface area contributed by atoms with E-state index in [-0.39, 0.29) is 18.1 Å². The number of carbonyl (C=O) groups excluding carboxylic acids is 2. The lowest BCUT2D eigenvalue weighted by Crippen LogP contribution is -2.32. The molecule has 8 heteroatoms. The number of methoxy groups -OCH3 is 1. The van der Waals surface area contributed by atoms with Crippen molar-refractivity contribution in [1.82, 2.24) is 0 Å². The Kier molecular flexibility index (Phi) is 4.74. The van der Waals surface area contributed by atoms with Crippen LogP contribution in [0.3, 0.4) is 0 Å². The predicted octanol–water partition coefficient (Wildman–Crippen LogP) is 3.96. The Balaban J connectivity index is 1.57. The minimum Gasteiger partial charge on any atom is -0.497 e. The van der Waals surface area contributed by atoms with E-state index < -0.39 is 17.6 Å². The first-order chi connectivity index (χ1) is 15.5. The molecule has 3 aromatic rings. The van der Waals surface area contributed by atoms with E-state index in [1.807, 2.05) is 0 Å². The molecule has 3 aromatic carbocycles. The van der Waals surface area contributed by atoms with Crippen LogP contribution in [0.25, 0.3) is 5.57 Å². The molecule has 5 rings (SSSR count). The van der Waals surface area contributed by atoms with Gasteiger partial charge in [-0.3, -0.25) is 9.59 Å². The van der Waals surface area contributed by atoms with Crippen LogP contribution in [0.1, 0.15) is 5.56 Å². The normalized spacial score (nSPS) is 14.9. The summed E-state index contributed by atoms with van der Waals surface area (Å²) in [4.78, 5) is 27.8. The molecule has 0 aromatic heterocycles. The van der Waals surface area contributed by atoms with E-state index in [1.165, 1.54) is 31.4 Å². The highest BCUT2D eigenvalue weighted by Gasteiger charge is 2.40. The summed E-state index contributed by atoms with van der Waals surface area (Å²) in [5.41, 5.74) is 1.58. The maximum Gasteiger partial charge on any atom is 0.282 e. The highest BCUT2D eigenvalue weighted by Crippen LogP contribution is 2.37. The lowest BCUT2D eigenvalue weighted by molar-refractivity contribution is -0.120. The van der Waals surface area contributed by atoms with Crippen LogP contribution in [-0.4, -0.2) is 25.7 Å². The summed E-state index contributed by atoms with van der Waals surface area (Å²) in [6.45, 7) is 0.116. The number of anilines is 2. The van der Waals surface area contributed by atoms with Gasteiger partial charge in [-0.05, 0) is 54.1 Å². The van der Waals surface area contributed by atoms with E-state index in [2.05, 4.69) is 5.32 Å². The molecule has 2 aliphatic rings. The fraction of sp³-hybridized carbons (Fsp3) is 0.0833. The molecule has 2 heterocycles. The van der Waals surface area contributed by atoms with Gasteiger partial charge in [0.25, 0.3) is 11.8 Å². The standard InChI is InChI=1S/C24H17FN2O5/c1-30-18-9-7-17(8-10-18)27-23(28)21(14-2-4-15(25)5-3-14)22(24(27)29)26-16-6-11-19-20(12-16)32-13-31-19/h2-12,26H,13H2,1H3. The molecule has 160 valence electrons. The van der Waals surface area contributed by atoms with Crippen molar-refractivity contribution in [1.29, 1.82) is 0 Å². The van der Waals surface area contributed by atoms with Crippen molar-refractivity contribution in [3.8, 4) is 17.2 Å². The fourth-order valence-electron chi connectivity index (χ4n) is 3.61. The Labute approximate surface area is 182 Å². The number of benzene rings is 3. The maximum atomic E-state index is 13.5. The predicted molar refractivity (Wildman–Crippen MR) is 115 cm³/mol. The fourth-order valence-corrected chi connectivity index (χ4v) is 3.61. The van der Waals surface area contributed by atoms with Crippen LogP contribution in [0, 0.1) is 5.82 Å². The lowest BCUT2D eigenvalue weighted by atomic mass is 10.0. The Morgan fingerprint density at radius 3 is 2.34 bits per heavy atom. The summed E-state index contributed by atoms with van der Waals surface area (Å²) in [6, 6.07) is 17.1. The van der Waals surface area contributed by atoms with E-state index in [4.69, 9.17) is 14.2 Å². The Hall–Kier alpha value is -4.33. The smallest absolute Gasteiger partial charge is 0.282 e. The number of rotatable bonds is 5. The number of nitrogens with one attached hydrogen (secondary N) is 1. The molecule has 1 N–H and O–H groups in total. The molecular formula is C24H17FN2O5. The lowest BCUT2D eigenvalue weighted by Gasteiger charge is -2.16. The van der Waals surface area contributed by atoms with Gasteiger partial charge in [-0.1, -0.05) is 12.1 Å². The number of nitrogens with zero attached hydrogens (tertiary/aromatic N) is 1. The zero-order valence-electron chi connectivity index (χ0n) is 16.9. The number of amides is 2. The molecule has 0 spiro atoms. The zero-order valence-corrected chi connectivity index (χ0v) is 16.9. The van der Waals surface area contributed by atoms with Crippen LogP contribution in [0.15, 0.2) is 72.4 Å². The number of hydrogen-bond acceptors (Lipinski definition) is 6. The van der Waals surface area contributed by atoms with Crippen molar-refractivity contribution >= 4 is 28.8 Å². The molecule has 0 aliphatic carbocycles. The summed E-state index contributed by atoms with van der Waals surface area (Å²) in [5, 5.41) is 3.05. The third kappa shape index (κ3) is 3.31. The third-order valence-electron chi connectivity index (χ3n) is 5.19. The molecule has 0 radical (unpaired) electrons. The first-order valence-electron chi connectivity index (χ1n) is 9.75. The van der Waals surface area contributed by atoms with Gasteiger partial charge in [0.2, 0.25) is 6.79 Å². The van der Waals surface area contributed by atoms with Gasteiger partial charge in [-0.15, -0.1) is 0 Å². The van der Waals surface area contributed by atoms with E-state index in [0.717, 1.165) is 4.90 Å². The second kappa shape index (κ2) is 7.73. The summed E-state index contributed by atoms with van der Waals surface area (Å²) < 4.78 is 29.4. The highest BCUT2D eigenvalue weighted by molar-refractivity contribution is 6.46. The molecule has 0 bridgehead atoms. The molecule has 0 atom stereocenters. The third-order valence-corrected chi connectivity index (χ3v) is 5.19. The van der Waals surface area contributed by atoms with Gasteiger partial charge in [-0.2, -0.15) is 0 Å². The van der Waals surface area contributed by atoms with E-state index >= 15 is 0 Å². The molecule has 32 heavy (non-hydrogen) atoms. The quantitative estimate of drug-likeness (QED) is 0.615. The van der Waals surface area contributed by atoms with Gasteiger partial charge in [0.05, 0.1) is 18.4 Å². The van der Waals surface area contributed by atoms with Crippen LogP contribution in [-0.2, 0) is 9.59 Å². The number of halogens is 1. The van der Waals surface area contributed by atoms with Crippen LogP contribution < -0.4 is 24.4 Å². The number of ether oxygens (including phenoxy) is 3. The Morgan fingerprint density at radius 2 is 1.62 bits per heavy atom. The SMILES string of the molecule is COc1ccc(N2C(=O)C(Nc3ccc4c(c3)OCO4)=C(c3ccc(F)cc3)C2=O)cc1. The van der Waals surface area contributed by atoms with Crippen LogP contribution in [0.4, 0.5) is 15.8 Å². The van der Waals surface area contributed by atoms with Crippen LogP contribution in [0.5, 0.6) is 17.2 Å². The first kappa shape index (κ1) is 19.6. The largest absolute Gasteiger partial charge is 0.497 e. The topological polar surface area (TPSA) is 77.1 Å². The molecular weight excluding hydrogens is 415 g/mol. The van der Waals surface area contributed by atoms with Crippen molar-refractivity contribution in [3.05, 3.63) is 83.8 Å². The number of hydrogen-bond donors (Lipinski definition) is 1. The molecule has 7 nitrogen and oxygen atoms in total. The Bertz CT molecular complexity index is 1250. The van der Waals surface area contributed by atoms with Crippen molar-refractivity contribution in [3.63, 3.8) is 0 Å². The van der Waals surface area contributed by atoms with Crippen molar-refractivity contribution in [2.45, 2.75) is 0 Å². The van der Waals surface area contributed by atoms with Gasteiger partial charge >= 0.3 is 0 Å². The molecule has 0 saturated heterocycles. The van der Waals surface area contributed by atoms with E-state index in [1.54, 1.807) is 42.5 Å². The van der Waals surface area contributed by atoms with Gasteiger partial charge < -0.3 is 19.5 Å². The van der Waals surface area contributed by atoms with Gasteiger partial charge in [0.15, 0.2) is 11.5 Å². The second-order valence-electron chi connectivity index (χ2n) is 7.09. The average molecular weight is 432 g/mol. The maximum absolute atomic E-state index is 13.5. The molecule has 0 fully saturated rings. The van der Waals surface area contributed by atoms with Gasteiger partial charge in [0, 0.05) is 11.8 Å². The minimum absolute atomic E-state index is 0.0799. The summed E-state index contributed by atoms with van der Waals surface area (Å²) in [6.07, 6.45) is 0. The van der Waals surface area contributed by atoms with Gasteiger partial charge in [-0.25, -0.2) is 9.29 Å². The average Bonchev–Trinajstić information content (AvgIpc) is 3.37. The molecule has 2 aliphatic heterocycles. The number of carbonyl (C=O) groups is 2. The number of fused-ring (bicyclic) bond motifs is 1. The second-order valence-corrected chi connectivity index (χ2v) is 7.09. The van der Waals surface area contributed by atoms with E-state index in [9.17, 15) is 14.0 Å². The van der Waals surface area contributed by atoms with Crippen LogP contribution in [0.2, 0.25) is 0 Å². The monoisotopic (exact) mass is 432 g/mol. The summed E-state index contributed by atoms with van der Waals surface area (Å²) in [7, 11) is 1.53. The zero-order chi connectivity index (χ0) is 22.2. The first-order valence-corrected chi connectivity index (χ1v) is 9.75. The minimum atomic E-state index is -0.530. The van der Waals surface area contributed by atoms with Gasteiger partial charge in [0.1, 0.15) is 17.3 Å². The molecule has 0 unspecified atom stereocenters. The molecule has 0 saturated carbocycles. The van der Waals surface area contributed by atoms with Crippen molar-refractivity contribution in [2.75, 3.05) is 24.1 Å². The number of imide groups is 1. The van der Waals surface area contributed by atoms with Crippen molar-refractivity contribution < 1.29 is 28.2 Å². The summed E-state index contributed by atoms with van der Waals surface area (Å²) in [5.74, 6) is 0.230. The summed E-state index contributed by atoms with van der Waals surface area (Å²) >= 11 is 0. The highest BCUT2D eigenvalue weighted by atomic mass is 19.1. The van der Waals surface area contributed by atoms with Crippen molar-refractivity contribution in [2.24, 2.45) is 0 Å². The van der Waals surface area contributed by atoms with E-state index in [0.29, 0.717) is 34.2 Å².